The first-order valence-electron chi connectivity index (χ1n) is 8.81. The lowest BCUT2D eigenvalue weighted by molar-refractivity contribution is -0.148. The summed E-state index contributed by atoms with van der Waals surface area (Å²) in [5.74, 6) is -1.39. The highest BCUT2D eigenvalue weighted by Gasteiger charge is 2.44. The van der Waals surface area contributed by atoms with E-state index in [4.69, 9.17) is 5.11 Å². The first-order chi connectivity index (χ1) is 11.5. The van der Waals surface area contributed by atoms with Gasteiger partial charge in [-0.25, -0.2) is 4.39 Å². The van der Waals surface area contributed by atoms with Gasteiger partial charge in [0.05, 0.1) is 11.3 Å². The second kappa shape index (κ2) is 6.91. The molecule has 1 aromatic rings. The first kappa shape index (κ1) is 16.9. The number of carboxylic acid groups (broad SMARTS) is 1. The Bertz CT molecular complexity index is 617. The van der Waals surface area contributed by atoms with Crippen molar-refractivity contribution in [3.63, 3.8) is 0 Å². The molecule has 0 spiro atoms. The molecule has 0 atom stereocenters. The lowest BCUT2D eigenvalue weighted by Crippen LogP contribution is -2.51. The molecule has 0 radical (unpaired) electrons. The smallest absolute Gasteiger partial charge is 0.306 e. The average Bonchev–Trinajstić information content (AvgIpc) is 2.62. The van der Waals surface area contributed by atoms with Crippen LogP contribution in [0.25, 0.3) is 0 Å². The van der Waals surface area contributed by atoms with E-state index in [2.05, 4.69) is 0 Å². The number of benzene rings is 1. The van der Waals surface area contributed by atoms with Gasteiger partial charge in [0.25, 0.3) is 0 Å². The van der Waals surface area contributed by atoms with Crippen LogP contribution in [0.2, 0.25) is 0 Å². The largest absolute Gasteiger partial charge is 0.481 e. The van der Waals surface area contributed by atoms with E-state index in [9.17, 15) is 14.0 Å². The summed E-state index contributed by atoms with van der Waals surface area (Å²) >= 11 is 0. The number of carbonyl (C=O) groups excluding carboxylic acids is 1. The van der Waals surface area contributed by atoms with Gasteiger partial charge >= 0.3 is 5.97 Å². The van der Waals surface area contributed by atoms with E-state index >= 15 is 0 Å². The van der Waals surface area contributed by atoms with Gasteiger partial charge in [-0.3, -0.25) is 9.59 Å². The molecule has 4 nitrogen and oxygen atoms in total. The fourth-order valence-corrected chi connectivity index (χ4v) is 4.20. The van der Waals surface area contributed by atoms with Gasteiger partial charge in [-0.2, -0.15) is 0 Å². The molecule has 130 valence electrons. The average molecular weight is 333 g/mol. The molecular formula is C19H24FNO3. The summed E-state index contributed by atoms with van der Waals surface area (Å²) in [4.78, 5) is 26.2. The Kier molecular flexibility index (Phi) is 4.88. The number of piperidine rings is 1. The number of carboxylic acids is 1. The van der Waals surface area contributed by atoms with Crippen molar-refractivity contribution in [1.82, 2.24) is 4.90 Å². The molecule has 24 heavy (non-hydrogen) atoms. The maximum Gasteiger partial charge on any atom is 0.306 e. The number of hydrogen-bond donors (Lipinski definition) is 1. The molecule has 3 rings (SSSR count). The Morgan fingerprint density at radius 2 is 1.79 bits per heavy atom. The van der Waals surface area contributed by atoms with Crippen LogP contribution in [0.4, 0.5) is 4.39 Å². The van der Waals surface area contributed by atoms with E-state index in [-0.39, 0.29) is 17.6 Å². The van der Waals surface area contributed by atoms with Crippen LogP contribution in [0.1, 0.15) is 50.5 Å². The zero-order valence-corrected chi connectivity index (χ0v) is 13.8. The third-order valence-corrected chi connectivity index (χ3v) is 5.63. The van der Waals surface area contributed by atoms with Gasteiger partial charge in [0.15, 0.2) is 0 Å². The highest BCUT2D eigenvalue weighted by molar-refractivity contribution is 5.88. The zero-order chi connectivity index (χ0) is 17.2. The van der Waals surface area contributed by atoms with Gasteiger partial charge < -0.3 is 10.0 Å². The van der Waals surface area contributed by atoms with Crippen molar-refractivity contribution in [1.29, 1.82) is 0 Å². The molecule has 0 unspecified atom stereocenters. The zero-order valence-electron chi connectivity index (χ0n) is 13.8. The molecular weight excluding hydrogens is 309 g/mol. The maximum atomic E-state index is 13.7. The van der Waals surface area contributed by atoms with Gasteiger partial charge in [-0.15, -0.1) is 0 Å². The third-order valence-electron chi connectivity index (χ3n) is 5.63. The fraction of sp³-hybridized carbons (Fsp3) is 0.579. The number of amides is 1. The monoisotopic (exact) mass is 333 g/mol. The normalized spacial score (nSPS) is 21.5. The Morgan fingerprint density at radius 3 is 2.38 bits per heavy atom. The fourth-order valence-electron chi connectivity index (χ4n) is 4.20. The minimum Gasteiger partial charge on any atom is -0.481 e. The SMILES string of the molecule is O=C(O)C1CCN(C(=O)C2(c3cccc(F)c3)CCCCC2)CC1. The molecule has 1 amide bonds. The molecule has 5 heteroatoms. The van der Waals surface area contributed by atoms with Crippen molar-refractivity contribution in [2.45, 2.75) is 50.4 Å². The topological polar surface area (TPSA) is 57.6 Å². The molecule has 1 aliphatic carbocycles. The molecule has 1 aromatic carbocycles. The molecule has 2 aliphatic rings. The number of likely N-dealkylation sites (tertiary alicyclic amines) is 1. The summed E-state index contributed by atoms with van der Waals surface area (Å²) in [6, 6.07) is 6.43. The predicted molar refractivity (Wildman–Crippen MR) is 88.1 cm³/mol. The molecule has 0 bridgehead atoms. The van der Waals surface area contributed by atoms with E-state index in [1.807, 2.05) is 6.07 Å². The van der Waals surface area contributed by atoms with Crippen LogP contribution < -0.4 is 0 Å². The van der Waals surface area contributed by atoms with Gasteiger partial charge in [0.2, 0.25) is 5.91 Å². The maximum absolute atomic E-state index is 13.7. The van der Waals surface area contributed by atoms with Crippen LogP contribution in [0.15, 0.2) is 24.3 Å². The molecule has 1 aliphatic heterocycles. The quantitative estimate of drug-likeness (QED) is 0.923. The Hall–Kier alpha value is -1.91. The van der Waals surface area contributed by atoms with Crippen LogP contribution in [-0.2, 0) is 15.0 Å². The van der Waals surface area contributed by atoms with E-state index < -0.39 is 11.4 Å². The van der Waals surface area contributed by atoms with Crippen LogP contribution in [-0.4, -0.2) is 35.0 Å². The van der Waals surface area contributed by atoms with Crippen molar-refractivity contribution < 1.29 is 19.1 Å². The van der Waals surface area contributed by atoms with E-state index in [1.54, 1.807) is 11.0 Å². The molecule has 1 saturated heterocycles. The predicted octanol–water partition coefficient (Wildman–Crippen LogP) is 3.35. The number of aliphatic carboxylic acids is 1. The summed E-state index contributed by atoms with van der Waals surface area (Å²) in [5, 5.41) is 9.13. The summed E-state index contributed by atoms with van der Waals surface area (Å²) in [6.07, 6.45) is 5.52. The third kappa shape index (κ3) is 3.17. The summed E-state index contributed by atoms with van der Waals surface area (Å²) < 4.78 is 13.7. The Balaban J connectivity index is 1.84. The van der Waals surface area contributed by atoms with Crippen LogP contribution >= 0.6 is 0 Å². The van der Waals surface area contributed by atoms with Crippen molar-refractivity contribution in [3.8, 4) is 0 Å². The summed E-state index contributed by atoms with van der Waals surface area (Å²) in [6.45, 7) is 0.958. The second-order valence-electron chi connectivity index (χ2n) is 7.06. The highest BCUT2D eigenvalue weighted by atomic mass is 19.1. The summed E-state index contributed by atoms with van der Waals surface area (Å²) in [5.41, 5.74) is 0.128. The summed E-state index contributed by atoms with van der Waals surface area (Å²) in [7, 11) is 0. The van der Waals surface area contributed by atoms with Gasteiger partial charge in [0.1, 0.15) is 5.82 Å². The molecule has 2 fully saturated rings. The molecule has 0 aromatic heterocycles. The standard InChI is InChI=1S/C19H24FNO3/c20-16-6-4-5-15(13-16)19(9-2-1-3-10-19)18(24)21-11-7-14(8-12-21)17(22)23/h4-6,13-14H,1-3,7-12H2,(H,22,23). The van der Waals surface area contributed by atoms with Crippen LogP contribution in [0.3, 0.4) is 0 Å². The number of hydrogen-bond acceptors (Lipinski definition) is 2. The number of nitrogens with zero attached hydrogens (tertiary/aromatic N) is 1. The minimum absolute atomic E-state index is 0.0524. The second-order valence-corrected chi connectivity index (χ2v) is 7.06. The van der Waals surface area contributed by atoms with Crippen molar-refractivity contribution >= 4 is 11.9 Å². The number of carbonyl (C=O) groups is 2. The van der Waals surface area contributed by atoms with Gasteiger partial charge in [-0.1, -0.05) is 31.4 Å². The lowest BCUT2D eigenvalue weighted by atomic mass is 9.68. The van der Waals surface area contributed by atoms with E-state index in [0.29, 0.717) is 25.9 Å². The van der Waals surface area contributed by atoms with Crippen LogP contribution in [0.5, 0.6) is 0 Å². The van der Waals surface area contributed by atoms with Gasteiger partial charge in [-0.05, 0) is 43.4 Å². The number of rotatable bonds is 3. The Labute approximate surface area is 141 Å². The Morgan fingerprint density at radius 1 is 1.12 bits per heavy atom. The molecule has 1 heterocycles. The highest BCUT2D eigenvalue weighted by Crippen LogP contribution is 2.41. The van der Waals surface area contributed by atoms with Crippen molar-refractivity contribution in [3.05, 3.63) is 35.6 Å². The minimum atomic E-state index is -0.778. The molecule has 1 N–H and O–H groups in total. The van der Waals surface area contributed by atoms with E-state index in [1.165, 1.54) is 12.1 Å². The van der Waals surface area contributed by atoms with Crippen LogP contribution in [0, 0.1) is 11.7 Å². The van der Waals surface area contributed by atoms with Gasteiger partial charge in [0, 0.05) is 13.1 Å². The van der Waals surface area contributed by atoms with Crippen molar-refractivity contribution in [2.24, 2.45) is 5.92 Å². The number of halogens is 1. The molecule has 1 saturated carbocycles. The lowest BCUT2D eigenvalue weighted by Gasteiger charge is -2.42. The van der Waals surface area contributed by atoms with Crippen molar-refractivity contribution in [2.75, 3.05) is 13.1 Å². The van der Waals surface area contributed by atoms with E-state index in [0.717, 1.165) is 37.7 Å². The first-order valence-corrected chi connectivity index (χ1v) is 8.81.